The molecule has 0 unspecified atom stereocenters. The molecule has 0 aliphatic carbocycles. The number of hydrogen-bond donors (Lipinski definition) is 0. The Hall–Kier alpha value is -3.22. The number of aromatic nitrogens is 1. The minimum Gasteiger partial charge on any atom is -0.441 e. The lowest BCUT2D eigenvalue weighted by molar-refractivity contribution is -0.139. The fraction of sp³-hybridized carbons (Fsp3) is 0.125. The van der Waals surface area contributed by atoms with Gasteiger partial charge in [0.1, 0.15) is 12.5 Å². The quantitative estimate of drug-likeness (QED) is 0.473. The van der Waals surface area contributed by atoms with Gasteiger partial charge in [-0.15, -0.1) is 0 Å². The zero-order valence-electron chi connectivity index (χ0n) is 12.5. The van der Waals surface area contributed by atoms with Crippen LogP contribution in [0.5, 0.6) is 0 Å². The first-order valence-electron chi connectivity index (χ1n) is 6.79. The summed E-state index contributed by atoms with van der Waals surface area (Å²) in [5, 5.41) is 2.00. The molecule has 2 amide bonds. The van der Waals surface area contributed by atoms with Crippen LogP contribution < -0.4 is 0 Å². The molecular weight excluding hydrogens is 298 g/mol. The van der Waals surface area contributed by atoms with E-state index in [1.165, 1.54) is 25.6 Å². The monoisotopic (exact) mass is 313 g/mol. The molecule has 7 heteroatoms. The second-order valence-electron chi connectivity index (χ2n) is 4.50. The van der Waals surface area contributed by atoms with Crippen molar-refractivity contribution >= 4 is 24.2 Å². The van der Waals surface area contributed by atoms with Crippen molar-refractivity contribution in [2.45, 2.75) is 0 Å². The molecule has 0 saturated carbocycles. The Morgan fingerprint density at radius 2 is 2.00 bits per heavy atom. The molecule has 0 aliphatic rings. The maximum atomic E-state index is 12.3. The van der Waals surface area contributed by atoms with Gasteiger partial charge in [0, 0.05) is 13.1 Å². The van der Waals surface area contributed by atoms with E-state index in [1.54, 1.807) is 6.08 Å². The third kappa shape index (κ3) is 4.13. The van der Waals surface area contributed by atoms with Crippen molar-refractivity contribution in [2.24, 2.45) is 0 Å². The molecular formula is C16H15N3O4. The van der Waals surface area contributed by atoms with Gasteiger partial charge in [-0.3, -0.25) is 9.59 Å². The van der Waals surface area contributed by atoms with Gasteiger partial charge in [-0.25, -0.2) is 15.0 Å². The standard InChI is InChI=1S/C16H15N3O4/c1-18(16(22)15-17-9-12-23-15)19(10-11-20)14(21)8-7-13-5-3-2-4-6-13/h2-9,11-12H,10H2,1H3. The first-order valence-corrected chi connectivity index (χ1v) is 6.79. The zero-order valence-corrected chi connectivity index (χ0v) is 12.5. The molecule has 0 bridgehead atoms. The molecule has 2 rings (SSSR count). The van der Waals surface area contributed by atoms with Crippen LogP contribution in [0.1, 0.15) is 16.2 Å². The van der Waals surface area contributed by atoms with Gasteiger partial charge in [0.05, 0.1) is 12.7 Å². The molecule has 0 fully saturated rings. The summed E-state index contributed by atoms with van der Waals surface area (Å²) in [5.74, 6) is -1.30. The van der Waals surface area contributed by atoms with Gasteiger partial charge in [0.25, 0.3) is 11.8 Å². The van der Waals surface area contributed by atoms with E-state index >= 15 is 0 Å². The molecule has 1 aromatic carbocycles. The highest BCUT2D eigenvalue weighted by Crippen LogP contribution is 2.06. The number of oxazole rings is 1. The van der Waals surface area contributed by atoms with Crippen LogP contribution in [0.2, 0.25) is 0 Å². The minimum absolute atomic E-state index is 0.164. The number of nitrogens with zero attached hydrogens (tertiary/aromatic N) is 3. The predicted molar refractivity (Wildman–Crippen MR) is 81.8 cm³/mol. The molecule has 7 nitrogen and oxygen atoms in total. The second kappa shape index (κ2) is 7.69. The highest BCUT2D eigenvalue weighted by Gasteiger charge is 2.24. The Morgan fingerprint density at radius 3 is 2.61 bits per heavy atom. The third-order valence-electron chi connectivity index (χ3n) is 2.99. The van der Waals surface area contributed by atoms with Crippen LogP contribution in [0.4, 0.5) is 0 Å². The summed E-state index contributed by atoms with van der Waals surface area (Å²) in [7, 11) is 1.37. The fourth-order valence-corrected chi connectivity index (χ4v) is 1.83. The molecule has 2 aromatic rings. The number of carbonyl (C=O) groups excluding carboxylic acids is 3. The van der Waals surface area contributed by atoms with Crippen LogP contribution in [0.3, 0.4) is 0 Å². The van der Waals surface area contributed by atoms with Crippen molar-refractivity contribution in [3.63, 3.8) is 0 Å². The van der Waals surface area contributed by atoms with Crippen molar-refractivity contribution in [1.82, 2.24) is 15.0 Å². The number of aldehydes is 1. The van der Waals surface area contributed by atoms with Gasteiger partial charge in [-0.2, -0.15) is 0 Å². The van der Waals surface area contributed by atoms with E-state index in [0.29, 0.717) is 6.29 Å². The maximum Gasteiger partial charge on any atom is 0.328 e. The molecule has 0 aliphatic heterocycles. The van der Waals surface area contributed by atoms with Gasteiger partial charge in [-0.05, 0) is 11.6 Å². The van der Waals surface area contributed by atoms with E-state index in [4.69, 9.17) is 4.42 Å². The normalized spacial score (nSPS) is 10.5. The molecule has 0 N–H and O–H groups in total. The average Bonchev–Trinajstić information content (AvgIpc) is 3.11. The lowest BCUT2D eigenvalue weighted by Gasteiger charge is -2.28. The van der Waals surface area contributed by atoms with E-state index in [1.807, 2.05) is 30.3 Å². The summed E-state index contributed by atoms with van der Waals surface area (Å²) in [6.45, 7) is -0.263. The molecule has 1 aromatic heterocycles. The summed E-state index contributed by atoms with van der Waals surface area (Å²) in [6.07, 6.45) is 6.00. The lowest BCUT2D eigenvalue weighted by Crippen LogP contribution is -2.47. The van der Waals surface area contributed by atoms with Crippen molar-refractivity contribution in [3.8, 4) is 0 Å². The van der Waals surface area contributed by atoms with Crippen molar-refractivity contribution in [3.05, 3.63) is 60.3 Å². The van der Waals surface area contributed by atoms with Crippen LogP contribution in [-0.4, -0.2) is 46.7 Å². The molecule has 1 heterocycles. The predicted octanol–water partition coefficient (Wildman–Crippen LogP) is 1.40. The molecule has 0 atom stereocenters. The minimum atomic E-state index is -0.627. The Kier molecular flexibility index (Phi) is 5.40. The number of hydrogen-bond acceptors (Lipinski definition) is 5. The van der Waals surface area contributed by atoms with Gasteiger partial charge >= 0.3 is 5.91 Å². The van der Waals surface area contributed by atoms with Crippen molar-refractivity contribution in [1.29, 1.82) is 0 Å². The number of rotatable bonds is 5. The van der Waals surface area contributed by atoms with E-state index in [2.05, 4.69) is 4.98 Å². The second-order valence-corrected chi connectivity index (χ2v) is 4.50. The zero-order chi connectivity index (χ0) is 16.7. The number of benzene rings is 1. The SMILES string of the molecule is CN(C(=O)c1ncco1)N(CC=O)C(=O)C=Cc1ccccc1. The highest BCUT2D eigenvalue weighted by atomic mass is 16.4. The third-order valence-corrected chi connectivity index (χ3v) is 2.99. The molecule has 0 spiro atoms. The molecule has 0 radical (unpaired) electrons. The largest absolute Gasteiger partial charge is 0.441 e. The average molecular weight is 313 g/mol. The molecule has 118 valence electrons. The topological polar surface area (TPSA) is 83.7 Å². The molecule has 23 heavy (non-hydrogen) atoms. The van der Waals surface area contributed by atoms with Gasteiger partial charge in [0.2, 0.25) is 0 Å². The smallest absolute Gasteiger partial charge is 0.328 e. The maximum absolute atomic E-state index is 12.3. The number of amides is 2. The summed E-state index contributed by atoms with van der Waals surface area (Å²) in [6, 6.07) is 9.20. The summed E-state index contributed by atoms with van der Waals surface area (Å²) >= 11 is 0. The first-order chi connectivity index (χ1) is 11.1. The van der Waals surface area contributed by atoms with Gasteiger partial charge < -0.3 is 9.21 Å². The van der Waals surface area contributed by atoms with E-state index in [-0.39, 0.29) is 12.4 Å². The van der Waals surface area contributed by atoms with Gasteiger partial charge in [-0.1, -0.05) is 30.3 Å². The lowest BCUT2D eigenvalue weighted by atomic mass is 10.2. The highest BCUT2D eigenvalue weighted by molar-refractivity contribution is 5.96. The van der Waals surface area contributed by atoms with Crippen molar-refractivity contribution in [2.75, 3.05) is 13.6 Å². The first kappa shape index (κ1) is 16.2. The van der Waals surface area contributed by atoms with E-state index < -0.39 is 11.8 Å². The van der Waals surface area contributed by atoms with Crippen LogP contribution in [0, 0.1) is 0 Å². The number of carbonyl (C=O) groups is 3. The summed E-state index contributed by atoms with van der Waals surface area (Å²) in [5.41, 5.74) is 0.827. The fourth-order valence-electron chi connectivity index (χ4n) is 1.83. The van der Waals surface area contributed by atoms with Crippen molar-refractivity contribution < 1.29 is 18.8 Å². The number of hydrazine groups is 1. The Balaban J connectivity index is 2.13. The Labute approximate surface area is 132 Å². The molecule has 0 saturated heterocycles. The van der Waals surface area contributed by atoms with Crippen LogP contribution >= 0.6 is 0 Å². The summed E-state index contributed by atoms with van der Waals surface area (Å²) < 4.78 is 4.91. The summed E-state index contributed by atoms with van der Waals surface area (Å²) in [4.78, 5) is 38.9. The van der Waals surface area contributed by atoms with Crippen LogP contribution in [0.25, 0.3) is 6.08 Å². The van der Waals surface area contributed by atoms with Crippen LogP contribution in [-0.2, 0) is 9.59 Å². The van der Waals surface area contributed by atoms with E-state index in [9.17, 15) is 14.4 Å². The van der Waals surface area contributed by atoms with Gasteiger partial charge in [0.15, 0.2) is 0 Å². The Bertz CT molecular complexity index is 695. The van der Waals surface area contributed by atoms with Crippen LogP contribution in [0.15, 0.2) is 53.3 Å². The Morgan fingerprint density at radius 1 is 1.26 bits per heavy atom. The van der Waals surface area contributed by atoms with E-state index in [0.717, 1.165) is 15.6 Å².